The number of aliphatic hydroxyl groups is 1. The summed E-state index contributed by atoms with van der Waals surface area (Å²) in [6, 6.07) is 7.49. The molecular formula is C30H40N2O3. The maximum atomic E-state index is 11.5. The Kier molecular flexibility index (Phi) is 5.72. The van der Waals surface area contributed by atoms with Gasteiger partial charge in [-0.25, -0.2) is 0 Å². The predicted molar refractivity (Wildman–Crippen MR) is 139 cm³/mol. The minimum Gasteiger partial charge on any atom is -0.388 e. The molecule has 5 nitrogen and oxygen atoms in total. The Morgan fingerprint density at radius 1 is 1.06 bits per heavy atom. The Morgan fingerprint density at radius 2 is 1.80 bits per heavy atom. The number of benzene rings is 1. The van der Waals surface area contributed by atoms with Crippen molar-refractivity contribution in [2.24, 2.45) is 28.6 Å². The van der Waals surface area contributed by atoms with Gasteiger partial charge in [-0.1, -0.05) is 31.6 Å². The Labute approximate surface area is 209 Å². The molecule has 0 aromatic heterocycles. The van der Waals surface area contributed by atoms with E-state index < -0.39 is 6.10 Å². The molecular weight excluding hydrogens is 436 g/mol. The smallest absolute Gasteiger partial charge is 0.269 e. The summed E-state index contributed by atoms with van der Waals surface area (Å²) in [6.45, 7) is 7.48. The van der Waals surface area contributed by atoms with Crippen molar-refractivity contribution in [1.82, 2.24) is 4.90 Å². The number of rotatable bonds is 3. The Balaban J connectivity index is 1.24. The van der Waals surface area contributed by atoms with Crippen LogP contribution in [0, 0.1) is 38.7 Å². The minimum absolute atomic E-state index is 0.0672. The first kappa shape index (κ1) is 23.4. The summed E-state index contributed by atoms with van der Waals surface area (Å²) < 4.78 is 0. The Hall–Kier alpha value is -1.98. The molecule has 0 bridgehead atoms. The highest BCUT2D eigenvalue weighted by Gasteiger charge is 2.59. The van der Waals surface area contributed by atoms with E-state index in [4.69, 9.17) is 0 Å². The number of aliphatic hydroxyl groups excluding tert-OH is 1. The van der Waals surface area contributed by atoms with Crippen LogP contribution in [0.25, 0.3) is 6.08 Å². The van der Waals surface area contributed by atoms with Crippen molar-refractivity contribution in [2.75, 3.05) is 13.1 Å². The molecule has 0 radical (unpaired) electrons. The summed E-state index contributed by atoms with van der Waals surface area (Å²) in [6.07, 6.45) is 15.4. The molecule has 5 aliphatic rings. The molecule has 3 saturated carbocycles. The number of nitro benzene ring substituents is 1. The summed E-state index contributed by atoms with van der Waals surface area (Å²) in [4.78, 5) is 13.4. The van der Waals surface area contributed by atoms with Gasteiger partial charge in [0.15, 0.2) is 0 Å². The maximum absolute atomic E-state index is 11.5. The van der Waals surface area contributed by atoms with Gasteiger partial charge in [-0.2, -0.15) is 0 Å². The van der Waals surface area contributed by atoms with Crippen LogP contribution in [0.2, 0.25) is 0 Å². The molecule has 0 amide bonds. The lowest BCUT2D eigenvalue weighted by Crippen LogP contribution is -2.52. The molecule has 7 atom stereocenters. The lowest BCUT2D eigenvalue weighted by Gasteiger charge is -2.58. The van der Waals surface area contributed by atoms with E-state index in [0.717, 1.165) is 35.9 Å². The first-order chi connectivity index (χ1) is 16.8. The molecule has 1 aromatic rings. The average molecular weight is 477 g/mol. The molecule has 1 aliphatic heterocycles. The van der Waals surface area contributed by atoms with Crippen LogP contribution >= 0.6 is 0 Å². The first-order valence-electron chi connectivity index (χ1n) is 13.9. The standard InChI is InChI=1S/C30H40N2O3/c1-29-13-11-24(31-15-3-4-16-31)19-22(29)7-10-25-26(29)12-14-30(2)27(25)18-21(28(30)33)17-20-5-8-23(9-6-20)32(34)35/h5-9,17,24-28,33H,3-4,10-16,18-19H2,1-2H3/b21-17+/t24-,25+,26-,27-,28-,29-,30-/m0/s1. The van der Waals surface area contributed by atoms with E-state index >= 15 is 0 Å². The van der Waals surface area contributed by atoms with Crippen molar-refractivity contribution in [1.29, 1.82) is 0 Å². The van der Waals surface area contributed by atoms with E-state index in [1.807, 2.05) is 0 Å². The van der Waals surface area contributed by atoms with Crippen molar-refractivity contribution < 1.29 is 10.0 Å². The van der Waals surface area contributed by atoms with E-state index in [2.05, 4.69) is 30.9 Å². The largest absolute Gasteiger partial charge is 0.388 e. The fraction of sp³-hybridized carbons (Fsp3) is 0.667. The zero-order chi connectivity index (χ0) is 24.4. The summed E-state index contributed by atoms with van der Waals surface area (Å²) in [5.41, 5.74) is 4.18. The zero-order valence-corrected chi connectivity index (χ0v) is 21.3. The minimum atomic E-state index is -0.423. The lowest BCUT2D eigenvalue weighted by atomic mass is 9.48. The topological polar surface area (TPSA) is 66.6 Å². The van der Waals surface area contributed by atoms with E-state index in [9.17, 15) is 15.2 Å². The number of allylic oxidation sites excluding steroid dienone is 1. The number of non-ortho nitro benzene ring substituents is 1. The van der Waals surface area contributed by atoms with Crippen LogP contribution in [0.4, 0.5) is 5.69 Å². The van der Waals surface area contributed by atoms with Crippen molar-refractivity contribution in [3.8, 4) is 0 Å². The van der Waals surface area contributed by atoms with Crippen LogP contribution < -0.4 is 0 Å². The molecule has 35 heavy (non-hydrogen) atoms. The van der Waals surface area contributed by atoms with Gasteiger partial charge in [-0.3, -0.25) is 10.1 Å². The lowest BCUT2D eigenvalue weighted by molar-refractivity contribution is -0.384. The molecule has 0 spiro atoms. The van der Waals surface area contributed by atoms with Crippen LogP contribution in [0.15, 0.2) is 41.5 Å². The third kappa shape index (κ3) is 3.72. The predicted octanol–water partition coefficient (Wildman–Crippen LogP) is 6.38. The quantitative estimate of drug-likeness (QED) is 0.312. The highest BCUT2D eigenvalue weighted by atomic mass is 16.6. The number of hydrogen-bond donors (Lipinski definition) is 1. The molecule has 0 unspecified atom stereocenters. The van der Waals surface area contributed by atoms with Gasteiger partial charge >= 0.3 is 0 Å². The van der Waals surface area contributed by atoms with Gasteiger partial charge in [0, 0.05) is 23.6 Å². The van der Waals surface area contributed by atoms with Gasteiger partial charge in [0.1, 0.15) is 0 Å². The molecule has 5 heteroatoms. The second kappa shape index (κ2) is 8.55. The van der Waals surface area contributed by atoms with Gasteiger partial charge in [-0.15, -0.1) is 0 Å². The number of likely N-dealkylation sites (tertiary alicyclic amines) is 1. The SMILES string of the molecule is C[C@]12CC[C@H]3[C@@H](CC=C4C[C@@H](N5CCCC5)CC[C@@]43C)[C@@H]1C/C(=C\c1ccc([N+](=O)[O-])cc1)[C@@H]2O. The van der Waals surface area contributed by atoms with Gasteiger partial charge in [-0.05, 0) is 117 Å². The number of nitrogens with zero attached hydrogens (tertiary/aromatic N) is 2. The third-order valence-electron chi connectivity index (χ3n) is 11.1. The third-order valence-corrected chi connectivity index (χ3v) is 11.1. The molecule has 1 heterocycles. The number of nitro groups is 1. The average Bonchev–Trinajstić information content (AvgIpc) is 3.47. The summed E-state index contributed by atoms with van der Waals surface area (Å²) in [5, 5.41) is 22.5. The van der Waals surface area contributed by atoms with E-state index in [1.165, 1.54) is 58.0 Å². The fourth-order valence-electron chi connectivity index (χ4n) is 8.97. The number of hydrogen-bond acceptors (Lipinski definition) is 4. The normalized spacial score (nSPS) is 42.3. The van der Waals surface area contributed by atoms with Crippen molar-refractivity contribution in [3.05, 3.63) is 57.2 Å². The summed E-state index contributed by atoms with van der Waals surface area (Å²) in [7, 11) is 0. The molecule has 1 N–H and O–H groups in total. The summed E-state index contributed by atoms with van der Waals surface area (Å²) in [5.74, 6) is 1.88. The van der Waals surface area contributed by atoms with Gasteiger partial charge in [0.25, 0.3) is 5.69 Å². The second-order valence-electron chi connectivity index (χ2n) is 12.6. The van der Waals surface area contributed by atoms with Gasteiger partial charge in [0.05, 0.1) is 11.0 Å². The van der Waals surface area contributed by atoms with Crippen molar-refractivity contribution >= 4 is 11.8 Å². The molecule has 188 valence electrons. The number of fused-ring (bicyclic) bond motifs is 5. The van der Waals surface area contributed by atoms with Gasteiger partial charge < -0.3 is 10.0 Å². The van der Waals surface area contributed by atoms with Crippen LogP contribution in [0.5, 0.6) is 0 Å². The second-order valence-corrected chi connectivity index (χ2v) is 12.6. The molecule has 1 saturated heterocycles. The molecule has 1 aromatic carbocycles. The molecule has 6 rings (SSSR count). The first-order valence-corrected chi connectivity index (χ1v) is 13.9. The van der Waals surface area contributed by atoms with E-state index in [0.29, 0.717) is 17.3 Å². The maximum Gasteiger partial charge on any atom is 0.269 e. The molecule has 4 aliphatic carbocycles. The summed E-state index contributed by atoms with van der Waals surface area (Å²) >= 11 is 0. The van der Waals surface area contributed by atoms with Crippen molar-refractivity contribution in [3.63, 3.8) is 0 Å². The van der Waals surface area contributed by atoms with Crippen LogP contribution in [0.3, 0.4) is 0 Å². The monoisotopic (exact) mass is 476 g/mol. The molecule has 4 fully saturated rings. The fourth-order valence-corrected chi connectivity index (χ4v) is 8.97. The van der Waals surface area contributed by atoms with Crippen LogP contribution in [0.1, 0.15) is 77.2 Å². The zero-order valence-electron chi connectivity index (χ0n) is 21.3. The van der Waals surface area contributed by atoms with Crippen LogP contribution in [-0.4, -0.2) is 40.2 Å². The van der Waals surface area contributed by atoms with E-state index in [1.54, 1.807) is 29.8 Å². The highest BCUT2D eigenvalue weighted by Crippen LogP contribution is 2.66. The Morgan fingerprint density at radius 3 is 2.51 bits per heavy atom. The van der Waals surface area contributed by atoms with Crippen molar-refractivity contribution in [2.45, 2.75) is 83.8 Å². The van der Waals surface area contributed by atoms with Crippen LogP contribution in [-0.2, 0) is 0 Å². The Bertz CT molecular complexity index is 1060. The highest BCUT2D eigenvalue weighted by molar-refractivity contribution is 5.57. The van der Waals surface area contributed by atoms with Gasteiger partial charge in [0.2, 0.25) is 0 Å². The van der Waals surface area contributed by atoms with E-state index in [-0.39, 0.29) is 16.0 Å².